The lowest BCUT2D eigenvalue weighted by Crippen LogP contribution is -2.30. The Labute approximate surface area is 162 Å². The van der Waals surface area contributed by atoms with Crippen molar-refractivity contribution in [3.8, 4) is 0 Å². The van der Waals surface area contributed by atoms with Gasteiger partial charge in [0, 0.05) is 23.2 Å². The molecule has 6 nitrogen and oxygen atoms in total. The van der Waals surface area contributed by atoms with E-state index in [-0.39, 0.29) is 12.0 Å². The number of aliphatic hydroxyl groups is 2. The fourth-order valence-corrected chi connectivity index (χ4v) is 4.40. The van der Waals surface area contributed by atoms with E-state index in [9.17, 15) is 10.2 Å². The maximum absolute atomic E-state index is 10.7. The number of halogens is 1. The van der Waals surface area contributed by atoms with Gasteiger partial charge in [-0.3, -0.25) is 0 Å². The number of aromatic nitrogens is 3. The molecular weight excluding hydrogens is 364 g/mol. The second kappa shape index (κ2) is 7.20. The Balaban J connectivity index is 1.62. The van der Waals surface area contributed by atoms with Crippen LogP contribution in [0.3, 0.4) is 0 Å². The van der Waals surface area contributed by atoms with E-state index in [1.54, 1.807) is 0 Å². The number of aliphatic hydroxyl groups excluding tert-OH is 2. The average Bonchev–Trinajstić information content (AvgIpc) is 3.20. The van der Waals surface area contributed by atoms with Gasteiger partial charge in [-0.1, -0.05) is 17.7 Å². The van der Waals surface area contributed by atoms with Gasteiger partial charge in [0.2, 0.25) is 0 Å². The van der Waals surface area contributed by atoms with Crippen molar-refractivity contribution < 1.29 is 10.2 Å². The molecule has 3 aromatic rings. The van der Waals surface area contributed by atoms with Gasteiger partial charge in [0.15, 0.2) is 0 Å². The quantitative estimate of drug-likeness (QED) is 0.639. The number of nitrogens with two attached hydrogens (primary N) is 1. The number of aryl methyl sites for hydroxylation is 1. The first kappa shape index (κ1) is 18.4. The Kier molecular flexibility index (Phi) is 4.90. The molecule has 0 saturated heterocycles. The van der Waals surface area contributed by atoms with Crippen LogP contribution in [0.1, 0.15) is 29.3 Å². The molecule has 0 radical (unpaired) electrons. The van der Waals surface area contributed by atoms with E-state index in [0.29, 0.717) is 24.4 Å². The van der Waals surface area contributed by atoms with Crippen molar-refractivity contribution in [2.24, 2.45) is 11.7 Å². The monoisotopic (exact) mass is 386 g/mol. The van der Waals surface area contributed by atoms with Crippen LogP contribution in [0.15, 0.2) is 36.8 Å². The summed E-state index contributed by atoms with van der Waals surface area (Å²) in [6.45, 7) is 2.33. The second-order valence-corrected chi connectivity index (χ2v) is 7.72. The number of hydrogen-bond acceptors (Lipinski definition) is 5. The summed E-state index contributed by atoms with van der Waals surface area (Å²) in [6, 6.07) is 7.39. The van der Waals surface area contributed by atoms with Gasteiger partial charge in [0.05, 0.1) is 17.8 Å². The summed E-state index contributed by atoms with van der Waals surface area (Å²) in [4.78, 5) is 8.60. The maximum Gasteiger partial charge on any atom is 0.143 e. The lowest BCUT2D eigenvalue weighted by molar-refractivity contribution is 0.00680. The molecule has 4 N–H and O–H groups in total. The average molecular weight is 387 g/mol. The highest BCUT2D eigenvalue weighted by atomic mass is 35.5. The predicted octanol–water partition coefficient (Wildman–Crippen LogP) is 2.38. The summed E-state index contributed by atoms with van der Waals surface area (Å²) in [5, 5.41) is 23.0. The molecule has 1 aliphatic rings. The number of nitrogens with zero attached hydrogens (tertiary/aromatic N) is 3. The van der Waals surface area contributed by atoms with Crippen molar-refractivity contribution in [2.75, 3.05) is 0 Å². The van der Waals surface area contributed by atoms with Crippen LogP contribution < -0.4 is 5.73 Å². The molecule has 1 saturated carbocycles. The molecule has 0 bridgehead atoms. The molecule has 2 unspecified atom stereocenters. The molecule has 1 aromatic carbocycles. The second-order valence-electron chi connectivity index (χ2n) is 7.28. The molecule has 0 amide bonds. The maximum atomic E-state index is 10.7. The molecule has 2 aromatic heterocycles. The van der Waals surface area contributed by atoms with Crippen LogP contribution in [0, 0.1) is 12.8 Å². The first-order chi connectivity index (χ1) is 13.0. The Hall–Kier alpha value is -1.99. The zero-order chi connectivity index (χ0) is 19.1. The normalized spacial score (nSPS) is 25.4. The lowest BCUT2D eigenvalue weighted by atomic mass is 9.93. The zero-order valence-electron chi connectivity index (χ0n) is 15.1. The molecule has 27 heavy (non-hydrogen) atoms. The van der Waals surface area contributed by atoms with Gasteiger partial charge in [-0.05, 0) is 55.0 Å². The molecule has 7 heteroatoms. The third-order valence-corrected chi connectivity index (χ3v) is 5.94. The van der Waals surface area contributed by atoms with Gasteiger partial charge in [0.1, 0.15) is 18.1 Å². The fourth-order valence-electron chi connectivity index (χ4n) is 4.21. The zero-order valence-corrected chi connectivity index (χ0v) is 15.8. The molecule has 0 aliphatic heterocycles. The molecule has 2 heterocycles. The number of hydrogen-bond donors (Lipinski definition) is 3. The van der Waals surface area contributed by atoms with Crippen molar-refractivity contribution in [2.45, 2.75) is 44.6 Å². The highest BCUT2D eigenvalue weighted by Gasteiger charge is 2.42. The molecule has 4 atom stereocenters. The third kappa shape index (κ3) is 3.23. The lowest BCUT2D eigenvalue weighted by Gasteiger charge is -2.19. The van der Waals surface area contributed by atoms with E-state index >= 15 is 0 Å². The van der Waals surface area contributed by atoms with Crippen molar-refractivity contribution in [1.29, 1.82) is 0 Å². The molecule has 1 aliphatic carbocycles. The van der Waals surface area contributed by atoms with Gasteiger partial charge >= 0.3 is 0 Å². The highest BCUT2D eigenvalue weighted by Crippen LogP contribution is 2.39. The first-order valence-corrected chi connectivity index (χ1v) is 9.49. The first-order valence-electron chi connectivity index (χ1n) is 9.11. The van der Waals surface area contributed by atoms with Gasteiger partial charge in [0.25, 0.3) is 0 Å². The number of fused-ring (bicyclic) bond motifs is 1. The van der Waals surface area contributed by atoms with E-state index in [2.05, 4.69) is 9.97 Å². The largest absolute Gasteiger partial charge is 0.390 e. The van der Waals surface area contributed by atoms with Crippen molar-refractivity contribution in [3.63, 3.8) is 0 Å². The van der Waals surface area contributed by atoms with Crippen LogP contribution >= 0.6 is 11.6 Å². The Morgan fingerprint density at radius 2 is 2.00 bits per heavy atom. The van der Waals surface area contributed by atoms with Crippen LogP contribution in [0.25, 0.3) is 11.0 Å². The van der Waals surface area contributed by atoms with Crippen LogP contribution in [-0.4, -0.2) is 37.0 Å². The van der Waals surface area contributed by atoms with Crippen molar-refractivity contribution in [3.05, 3.63) is 58.6 Å². The molecular formula is C20H23ClN4O2. The minimum atomic E-state index is -0.852. The van der Waals surface area contributed by atoms with Crippen molar-refractivity contribution >= 4 is 22.6 Å². The minimum Gasteiger partial charge on any atom is -0.390 e. The standard InChI is InChI=1S/C20H23ClN4O2/c1-11-16-4-5-25(20(16)24-10-23-11)17-8-13(18(26)19(17)27)6-12-2-3-15(21)7-14(12)9-22/h2-5,7,10,13,17-19,26-27H,6,8-9,22H2,1H3/t13?,17?,18-,19+/m1/s1. The third-order valence-electron chi connectivity index (χ3n) is 5.71. The SMILES string of the molecule is Cc1ncnc2c1ccn2C1CC(Cc2ccc(Cl)cc2CN)[C@@H](O)[C@H]1O. The van der Waals surface area contributed by atoms with E-state index in [1.165, 1.54) is 6.33 Å². The summed E-state index contributed by atoms with van der Waals surface area (Å²) in [6.07, 6.45) is 3.09. The summed E-state index contributed by atoms with van der Waals surface area (Å²) >= 11 is 6.06. The highest BCUT2D eigenvalue weighted by molar-refractivity contribution is 6.30. The molecule has 1 fully saturated rings. The Morgan fingerprint density at radius 1 is 1.19 bits per heavy atom. The summed E-state index contributed by atoms with van der Waals surface area (Å²) in [7, 11) is 0. The van der Waals surface area contributed by atoms with Crippen molar-refractivity contribution in [1.82, 2.24) is 14.5 Å². The van der Waals surface area contributed by atoms with Crippen LogP contribution in [0.4, 0.5) is 0 Å². The summed E-state index contributed by atoms with van der Waals surface area (Å²) in [5.74, 6) is -0.0724. The van der Waals surface area contributed by atoms with Crippen LogP contribution in [0.5, 0.6) is 0 Å². The molecule has 0 spiro atoms. The minimum absolute atomic E-state index is 0.0724. The predicted molar refractivity (Wildman–Crippen MR) is 104 cm³/mol. The van der Waals surface area contributed by atoms with Crippen LogP contribution in [-0.2, 0) is 13.0 Å². The smallest absolute Gasteiger partial charge is 0.143 e. The fraction of sp³-hybridized carbons (Fsp3) is 0.400. The van der Waals surface area contributed by atoms with E-state index in [1.807, 2.05) is 42.0 Å². The number of rotatable bonds is 4. The molecule has 142 valence electrons. The van der Waals surface area contributed by atoms with Gasteiger partial charge in [-0.15, -0.1) is 0 Å². The topological polar surface area (TPSA) is 97.2 Å². The van der Waals surface area contributed by atoms with Gasteiger partial charge in [-0.2, -0.15) is 0 Å². The Bertz CT molecular complexity index is 974. The molecule has 4 rings (SSSR count). The van der Waals surface area contributed by atoms with E-state index in [4.69, 9.17) is 17.3 Å². The van der Waals surface area contributed by atoms with Crippen LogP contribution in [0.2, 0.25) is 5.02 Å². The van der Waals surface area contributed by atoms with Gasteiger partial charge < -0.3 is 20.5 Å². The Morgan fingerprint density at radius 3 is 2.78 bits per heavy atom. The van der Waals surface area contributed by atoms with E-state index in [0.717, 1.165) is 27.9 Å². The summed E-state index contributed by atoms with van der Waals surface area (Å²) < 4.78 is 1.96. The number of benzene rings is 1. The van der Waals surface area contributed by atoms with E-state index < -0.39 is 12.2 Å². The summed E-state index contributed by atoms with van der Waals surface area (Å²) in [5.41, 5.74) is 9.57. The van der Waals surface area contributed by atoms with Gasteiger partial charge in [-0.25, -0.2) is 9.97 Å².